The Kier molecular flexibility index (Phi) is 6.54. The molecule has 0 atom stereocenters. The first-order valence-electron chi connectivity index (χ1n) is 11.3. The molecule has 0 aliphatic carbocycles. The Morgan fingerprint density at radius 1 is 0.871 bits per heavy atom. The number of hydrogen-bond donors (Lipinski definition) is 1. The average Bonchev–Trinajstić information content (AvgIpc) is 2.82. The molecule has 1 N–H and O–H groups in total. The molecule has 2 aliphatic heterocycles. The van der Waals surface area contributed by atoms with Crippen molar-refractivity contribution in [1.82, 2.24) is 15.1 Å². The number of fused-ring (bicyclic) bond motifs is 1. The standard InChI is InChI=1S/C25H31N3O3/c1-18(29)26-17-19-9-13-27(14-10-19)24(30)21-11-15-28(16-12-21)25(31)23-8-4-6-20-5-2-3-7-22(20)23/h2-8,19,21H,9-17H2,1H3,(H,26,29). The molecule has 6 heteroatoms. The van der Waals surface area contributed by atoms with E-state index in [0.717, 1.165) is 55.1 Å². The predicted molar refractivity (Wildman–Crippen MR) is 121 cm³/mol. The van der Waals surface area contributed by atoms with Crippen molar-refractivity contribution in [3.63, 3.8) is 0 Å². The summed E-state index contributed by atoms with van der Waals surface area (Å²) in [6, 6.07) is 13.8. The lowest BCUT2D eigenvalue weighted by Crippen LogP contribution is -2.47. The molecule has 2 aromatic carbocycles. The fourth-order valence-electron chi connectivity index (χ4n) is 4.82. The Labute approximate surface area is 183 Å². The minimum Gasteiger partial charge on any atom is -0.356 e. The van der Waals surface area contributed by atoms with E-state index in [1.807, 2.05) is 52.3 Å². The highest BCUT2D eigenvalue weighted by molar-refractivity contribution is 6.07. The molecular weight excluding hydrogens is 390 g/mol. The molecule has 0 bridgehead atoms. The van der Waals surface area contributed by atoms with E-state index in [9.17, 15) is 14.4 Å². The maximum atomic E-state index is 13.1. The summed E-state index contributed by atoms with van der Waals surface area (Å²) >= 11 is 0. The molecule has 0 spiro atoms. The van der Waals surface area contributed by atoms with Crippen molar-refractivity contribution < 1.29 is 14.4 Å². The van der Waals surface area contributed by atoms with Gasteiger partial charge in [0.1, 0.15) is 0 Å². The first kappa shape index (κ1) is 21.3. The molecule has 0 saturated carbocycles. The van der Waals surface area contributed by atoms with Gasteiger partial charge in [0.05, 0.1) is 0 Å². The highest BCUT2D eigenvalue weighted by Crippen LogP contribution is 2.26. The normalized spacial score (nSPS) is 18.2. The van der Waals surface area contributed by atoms with Crippen molar-refractivity contribution in [2.24, 2.45) is 11.8 Å². The highest BCUT2D eigenvalue weighted by Gasteiger charge is 2.32. The molecule has 2 saturated heterocycles. The van der Waals surface area contributed by atoms with Crippen molar-refractivity contribution in [2.45, 2.75) is 32.6 Å². The third kappa shape index (κ3) is 4.89. The highest BCUT2D eigenvalue weighted by atomic mass is 16.2. The number of rotatable bonds is 4. The zero-order valence-corrected chi connectivity index (χ0v) is 18.2. The Balaban J connectivity index is 1.30. The zero-order valence-electron chi connectivity index (χ0n) is 18.2. The maximum absolute atomic E-state index is 13.1. The van der Waals surface area contributed by atoms with E-state index in [4.69, 9.17) is 0 Å². The summed E-state index contributed by atoms with van der Waals surface area (Å²) in [6.07, 6.45) is 3.32. The fraction of sp³-hybridized carbons (Fsp3) is 0.480. The lowest BCUT2D eigenvalue weighted by atomic mass is 9.91. The van der Waals surface area contributed by atoms with E-state index in [0.29, 0.717) is 25.6 Å². The van der Waals surface area contributed by atoms with Crippen LogP contribution in [0.3, 0.4) is 0 Å². The van der Waals surface area contributed by atoms with Crippen LogP contribution in [0.2, 0.25) is 0 Å². The number of nitrogens with one attached hydrogen (secondary N) is 1. The molecule has 0 radical (unpaired) electrons. The second kappa shape index (κ2) is 9.50. The molecule has 164 valence electrons. The van der Waals surface area contributed by atoms with Crippen LogP contribution in [0.15, 0.2) is 42.5 Å². The number of amides is 3. The number of nitrogens with zero attached hydrogens (tertiary/aromatic N) is 2. The Morgan fingerprint density at radius 2 is 1.52 bits per heavy atom. The molecule has 0 unspecified atom stereocenters. The first-order valence-corrected chi connectivity index (χ1v) is 11.3. The third-order valence-electron chi connectivity index (χ3n) is 6.72. The van der Waals surface area contributed by atoms with Crippen LogP contribution in [-0.2, 0) is 9.59 Å². The van der Waals surface area contributed by atoms with Gasteiger partial charge in [0.25, 0.3) is 5.91 Å². The zero-order chi connectivity index (χ0) is 21.8. The van der Waals surface area contributed by atoms with Gasteiger partial charge in [-0.1, -0.05) is 36.4 Å². The minimum atomic E-state index is 0.00307. The molecule has 2 heterocycles. The van der Waals surface area contributed by atoms with Gasteiger partial charge in [-0.15, -0.1) is 0 Å². The van der Waals surface area contributed by atoms with Crippen molar-refractivity contribution in [3.8, 4) is 0 Å². The van der Waals surface area contributed by atoms with Gasteiger partial charge in [-0.25, -0.2) is 0 Å². The summed E-state index contributed by atoms with van der Waals surface area (Å²) in [5.41, 5.74) is 0.740. The monoisotopic (exact) mass is 421 g/mol. The van der Waals surface area contributed by atoms with E-state index in [-0.39, 0.29) is 23.6 Å². The first-order chi connectivity index (χ1) is 15.0. The maximum Gasteiger partial charge on any atom is 0.254 e. The molecule has 0 aromatic heterocycles. The van der Waals surface area contributed by atoms with E-state index >= 15 is 0 Å². The second-order valence-electron chi connectivity index (χ2n) is 8.80. The molecule has 6 nitrogen and oxygen atoms in total. The summed E-state index contributed by atoms with van der Waals surface area (Å²) in [5, 5.41) is 4.93. The SMILES string of the molecule is CC(=O)NCC1CCN(C(=O)C2CCN(C(=O)c3cccc4ccccc34)CC2)CC1. The molecular formula is C25H31N3O3. The van der Waals surface area contributed by atoms with Crippen LogP contribution in [0.4, 0.5) is 0 Å². The van der Waals surface area contributed by atoms with Crippen LogP contribution in [0.1, 0.15) is 43.0 Å². The lowest BCUT2D eigenvalue weighted by molar-refractivity contribution is -0.138. The van der Waals surface area contributed by atoms with Crippen LogP contribution in [-0.4, -0.2) is 60.2 Å². The van der Waals surface area contributed by atoms with Crippen LogP contribution in [0, 0.1) is 11.8 Å². The number of piperidine rings is 2. The summed E-state index contributed by atoms with van der Waals surface area (Å²) in [5.74, 6) is 0.747. The fourth-order valence-corrected chi connectivity index (χ4v) is 4.82. The molecule has 4 rings (SSSR count). The van der Waals surface area contributed by atoms with E-state index in [1.54, 1.807) is 0 Å². The summed E-state index contributed by atoms with van der Waals surface area (Å²) in [4.78, 5) is 41.1. The largest absolute Gasteiger partial charge is 0.356 e. The van der Waals surface area contributed by atoms with Crippen molar-refractivity contribution in [1.29, 1.82) is 0 Å². The number of likely N-dealkylation sites (tertiary alicyclic amines) is 2. The van der Waals surface area contributed by atoms with Gasteiger partial charge in [-0.3, -0.25) is 14.4 Å². The lowest BCUT2D eigenvalue weighted by Gasteiger charge is -2.37. The van der Waals surface area contributed by atoms with Gasteiger partial charge in [-0.2, -0.15) is 0 Å². The number of carbonyl (C=O) groups is 3. The third-order valence-corrected chi connectivity index (χ3v) is 6.72. The van der Waals surface area contributed by atoms with Crippen LogP contribution in [0.25, 0.3) is 10.8 Å². The van der Waals surface area contributed by atoms with Gasteiger partial charge < -0.3 is 15.1 Å². The van der Waals surface area contributed by atoms with E-state index < -0.39 is 0 Å². The van der Waals surface area contributed by atoms with Gasteiger partial charge in [0.15, 0.2) is 0 Å². The molecule has 3 amide bonds. The smallest absolute Gasteiger partial charge is 0.254 e. The molecule has 2 aromatic rings. The molecule has 2 aliphatic rings. The molecule has 31 heavy (non-hydrogen) atoms. The number of carbonyl (C=O) groups excluding carboxylic acids is 3. The van der Waals surface area contributed by atoms with E-state index in [1.165, 1.54) is 6.92 Å². The van der Waals surface area contributed by atoms with Gasteiger partial charge in [0, 0.05) is 51.1 Å². The number of hydrogen-bond acceptors (Lipinski definition) is 3. The number of benzene rings is 2. The average molecular weight is 422 g/mol. The van der Waals surface area contributed by atoms with Crippen LogP contribution < -0.4 is 5.32 Å². The van der Waals surface area contributed by atoms with Gasteiger partial charge in [0.2, 0.25) is 11.8 Å². The summed E-state index contributed by atoms with van der Waals surface area (Å²) in [7, 11) is 0. The van der Waals surface area contributed by atoms with Crippen molar-refractivity contribution in [3.05, 3.63) is 48.0 Å². The summed E-state index contributed by atoms with van der Waals surface area (Å²) < 4.78 is 0. The second-order valence-corrected chi connectivity index (χ2v) is 8.80. The van der Waals surface area contributed by atoms with Crippen LogP contribution >= 0.6 is 0 Å². The quantitative estimate of drug-likeness (QED) is 0.825. The minimum absolute atomic E-state index is 0.00307. The Bertz CT molecular complexity index is 952. The van der Waals surface area contributed by atoms with E-state index in [2.05, 4.69) is 5.32 Å². The topological polar surface area (TPSA) is 69.7 Å². The molecule has 2 fully saturated rings. The van der Waals surface area contributed by atoms with Gasteiger partial charge >= 0.3 is 0 Å². The summed E-state index contributed by atoms with van der Waals surface area (Å²) in [6.45, 7) is 5.01. The predicted octanol–water partition coefficient (Wildman–Crippen LogP) is 3.07. The van der Waals surface area contributed by atoms with Gasteiger partial charge in [-0.05, 0) is 48.4 Å². The Hall–Kier alpha value is -2.89. The Morgan fingerprint density at radius 3 is 2.23 bits per heavy atom. The van der Waals surface area contributed by atoms with Crippen molar-refractivity contribution >= 4 is 28.5 Å². The van der Waals surface area contributed by atoms with Crippen LogP contribution in [0.5, 0.6) is 0 Å². The van der Waals surface area contributed by atoms with Crippen molar-refractivity contribution in [2.75, 3.05) is 32.7 Å².